The molecule has 1 fully saturated rings. The van der Waals surface area contributed by atoms with Crippen molar-refractivity contribution in [2.45, 2.75) is 25.9 Å². The third-order valence-corrected chi connectivity index (χ3v) is 3.46. The highest BCUT2D eigenvalue weighted by molar-refractivity contribution is 7.98. The first kappa shape index (κ1) is 11.3. The molecule has 0 aliphatic carbocycles. The number of likely N-dealkylation sites (tertiary alicyclic amines) is 1. The van der Waals surface area contributed by atoms with Crippen molar-refractivity contribution < 1.29 is 5.11 Å². The van der Waals surface area contributed by atoms with Gasteiger partial charge in [0.2, 0.25) is 0 Å². The van der Waals surface area contributed by atoms with Gasteiger partial charge in [0.25, 0.3) is 0 Å². The molecule has 0 aromatic rings. The molecule has 0 radical (unpaired) electrons. The number of aliphatic hydroxyl groups is 1. The Morgan fingerprint density at radius 1 is 1.54 bits per heavy atom. The van der Waals surface area contributed by atoms with Crippen LogP contribution in [0.15, 0.2) is 0 Å². The van der Waals surface area contributed by atoms with Crippen molar-refractivity contribution in [3.8, 4) is 0 Å². The summed E-state index contributed by atoms with van der Waals surface area (Å²) in [6.45, 7) is 5.51. The number of hydrogen-bond donors (Lipinski definition) is 1. The maximum Gasteiger partial charge on any atom is 0.0590 e. The Labute approximate surface area is 85.7 Å². The highest BCUT2D eigenvalue weighted by atomic mass is 32.2. The quantitative estimate of drug-likeness (QED) is 0.699. The Bertz CT molecular complexity index is 143. The number of aliphatic hydroxyl groups excluding tert-OH is 1. The first-order valence-corrected chi connectivity index (χ1v) is 6.52. The average molecular weight is 203 g/mol. The second-order valence-corrected chi connectivity index (χ2v) is 4.97. The van der Waals surface area contributed by atoms with Gasteiger partial charge in [-0.25, -0.2) is 0 Å². The lowest BCUT2D eigenvalue weighted by atomic mass is 9.97. The topological polar surface area (TPSA) is 23.5 Å². The highest BCUT2D eigenvalue weighted by Crippen LogP contribution is 2.16. The fraction of sp³-hybridized carbons (Fsp3) is 1.00. The van der Waals surface area contributed by atoms with E-state index in [1.165, 1.54) is 18.7 Å². The maximum atomic E-state index is 9.54. The normalized spacial score (nSPS) is 30.7. The average Bonchev–Trinajstić information content (AvgIpc) is 2.12. The summed E-state index contributed by atoms with van der Waals surface area (Å²) < 4.78 is 0. The lowest BCUT2D eigenvalue weighted by Crippen LogP contribution is -2.42. The molecule has 3 heteroatoms. The molecule has 78 valence electrons. The van der Waals surface area contributed by atoms with Crippen molar-refractivity contribution in [2.75, 3.05) is 31.6 Å². The molecule has 2 atom stereocenters. The van der Waals surface area contributed by atoms with Gasteiger partial charge in [0, 0.05) is 13.1 Å². The summed E-state index contributed by atoms with van der Waals surface area (Å²) in [5.74, 6) is 1.72. The van der Waals surface area contributed by atoms with E-state index < -0.39 is 0 Å². The van der Waals surface area contributed by atoms with Crippen LogP contribution in [0.25, 0.3) is 0 Å². The third kappa shape index (κ3) is 3.88. The van der Waals surface area contributed by atoms with Gasteiger partial charge in [0.05, 0.1) is 6.10 Å². The molecule has 0 aromatic carbocycles. The van der Waals surface area contributed by atoms with Gasteiger partial charge in [-0.3, -0.25) is 0 Å². The Hall–Kier alpha value is 0.270. The first-order chi connectivity index (χ1) is 6.24. The van der Waals surface area contributed by atoms with E-state index in [9.17, 15) is 5.11 Å². The zero-order chi connectivity index (χ0) is 9.68. The van der Waals surface area contributed by atoms with Crippen molar-refractivity contribution in [1.82, 2.24) is 4.90 Å². The first-order valence-electron chi connectivity index (χ1n) is 5.13. The van der Waals surface area contributed by atoms with Gasteiger partial charge in [-0.2, -0.15) is 11.8 Å². The second kappa shape index (κ2) is 5.89. The van der Waals surface area contributed by atoms with Crippen molar-refractivity contribution in [1.29, 1.82) is 0 Å². The molecule has 1 aliphatic heterocycles. The molecule has 1 saturated heterocycles. The van der Waals surface area contributed by atoms with Crippen LogP contribution in [0.4, 0.5) is 0 Å². The van der Waals surface area contributed by atoms with Gasteiger partial charge in [-0.05, 0) is 37.3 Å². The van der Waals surface area contributed by atoms with E-state index in [-0.39, 0.29) is 6.10 Å². The van der Waals surface area contributed by atoms with E-state index >= 15 is 0 Å². The number of rotatable bonds is 4. The van der Waals surface area contributed by atoms with E-state index in [0.717, 1.165) is 19.5 Å². The molecule has 0 spiro atoms. The molecule has 1 heterocycles. The predicted octanol–water partition coefficient (Wildman–Crippen LogP) is 1.44. The van der Waals surface area contributed by atoms with Gasteiger partial charge in [-0.1, -0.05) is 6.92 Å². The monoisotopic (exact) mass is 203 g/mol. The van der Waals surface area contributed by atoms with Crippen LogP contribution in [-0.2, 0) is 0 Å². The van der Waals surface area contributed by atoms with Crippen molar-refractivity contribution in [2.24, 2.45) is 5.92 Å². The Kier molecular flexibility index (Phi) is 5.14. The molecule has 2 nitrogen and oxygen atoms in total. The lowest BCUT2D eigenvalue weighted by molar-refractivity contribution is 0.0353. The van der Waals surface area contributed by atoms with Gasteiger partial charge in [-0.15, -0.1) is 0 Å². The van der Waals surface area contributed by atoms with E-state index in [2.05, 4.69) is 18.1 Å². The zero-order valence-corrected chi connectivity index (χ0v) is 9.52. The van der Waals surface area contributed by atoms with Gasteiger partial charge < -0.3 is 10.0 Å². The van der Waals surface area contributed by atoms with Gasteiger partial charge >= 0.3 is 0 Å². The fourth-order valence-electron chi connectivity index (χ4n) is 1.86. The van der Waals surface area contributed by atoms with Crippen molar-refractivity contribution in [3.63, 3.8) is 0 Å². The number of thioether (sulfide) groups is 1. The standard InChI is InChI=1S/C10H21NOS/c1-9-8-11(5-3-7-13-2)6-4-10(9)12/h9-10,12H,3-8H2,1-2H3. The summed E-state index contributed by atoms with van der Waals surface area (Å²) in [7, 11) is 0. The SMILES string of the molecule is CSCCCN1CCC(O)C(C)C1. The van der Waals surface area contributed by atoms with Crippen LogP contribution in [0.1, 0.15) is 19.8 Å². The molecule has 13 heavy (non-hydrogen) atoms. The molecule has 1 rings (SSSR count). The third-order valence-electron chi connectivity index (χ3n) is 2.77. The predicted molar refractivity (Wildman–Crippen MR) is 59.2 cm³/mol. The van der Waals surface area contributed by atoms with Crippen LogP contribution in [0.3, 0.4) is 0 Å². The Balaban J connectivity index is 2.14. The second-order valence-electron chi connectivity index (χ2n) is 3.98. The molecular weight excluding hydrogens is 182 g/mol. The van der Waals surface area contributed by atoms with E-state index in [1.807, 2.05) is 11.8 Å². The molecular formula is C10H21NOS. The Morgan fingerprint density at radius 3 is 2.92 bits per heavy atom. The summed E-state index contributed by atoms with van der Waals surface area (Å²) >= 11 is 1.92. The summed E-state index contributed by atoms with van der Waals surface area (Å²) in [4.78, 5) is 2.48. The van der Waals surface area contributed by atoms with E-state index in [4.69, 9.17) is 0 Å². The van der Waals surface area contributed by atoms with Crippen molar-refractivity contribution >= 4 is 11.8 Å². The van der Waals surface area contributed by atoms with Crippen LogP contribution < -0.4 is 0 Å². The van der Waals surface area contributed by atoms with Gasteiger partial charge in [0.1, 0.15) is 0 Å². The van der Waals surface area contributed by atoms with Crippen LogP contribution in [0, 0.1) is 5.92 Å². The van der Waals surface area contributed by atoms with Gasteiger partial charge in [0.15, 0.2) is 0 Å². The number of nitrogens with zero attached hydrogens (tertiary/aromatic N) is 1. The minimum Gasteiger partial charge on any atom is -0.393 e. The lowest BCUT2D eigenvalue weighted by Gasteiger charge is -2.34. The minimum atomic E-state index is -0.0585. The summed E-state index contributed by atoms with van der Waals surface area (Å²) in [6.07, 6.45) is 4.34. The molecule has 1 aliphatic rings. The van der Waals surface area contributed by atoms with E-state index in [0.29, 0.717) is 5.92 Å². The Morgan fingerprint density at radius 2 is 2.31 bits per heavy atom. The maximum absolute atomic E-state index is 9.54. The molecule has 1 N–H and O–H groups in total. The zero-order valence-electron chi connectivity index (χ0n) is 8.70. The smallest absolute Gasteiger partial charge is 0.0590 e. The minimum absolute atomic E-state index is 0.0585. The highest BCUT2D eigenvalue weighted by Gasteiger charge is 2.23. The van der Waals surface area contributed by atoms with Crippen LogP contribution in [0.5, 0.6) is 0 Å². The summed E-state index contributed by atoms with van der Waals surface area (Å²) in [5.41, 5.74) is 0. The number of piperidine rings is 1. The van der Waals surface area contributed by atoms with E-state index in [1.54, 1.807) is 0 Å². The summed E-state index contributed by atoms with van der Waals surface area (Å²) in [6, 6.07) is 0. The largest absolute Gasteiger partial charge is 0.393 e. The molecule has 0 bridgehead atoms. The fourth-order valence-corrected chi connectivity index (χ4v) is 2.27. The molecule has 2 unspecified atom stereocenters. The summed E-state index contributed by atoms with van der Waals surface area (Å²) in [5, 5.41) is 9.54. The molecule has 0 amide bonds. The molecule has 0 saturated carbocycles. The van der Waals surface area contributed by atoms with Crippen LogP contribution in [0.2, 0.25) is 0 Å². The number of hydrogen-bond acceptors (Lipinski definition) is 3. The molecule has 0 aromatic heterocycles. The van der Waals surface area contributed by atoms with Crippen LogP contribution in [-0.4, -0.2) is 47.8 Å². The van der Waals surface area contributed by atoms with Crippen LogP contribution >= 0.6 is 11.8 Å². The van der Waals surface area contributed by atoms with Crippen molar-refractivity contribution in [3.05, 3.63) is 0 Å².